The molecule has 0 saturated heterocycles. The van der Waals surface area contributed by atoms with Gasteiger partial charge in [0, 0.05) is 23.3 Å². The zero-order valence-electron chi connectivity index (χ0n) is 8.53. The average Bonchev–Trinajstić information content (AvgIpc) is 2.52. The molecule has 2 heteroatoms. The number of pyridine rings is 1. The minimum absolute atomic E-state index is 0.232. The van der Waals surface area contributed by atoms with E-state index >= 15 is 0 Å². The maximum Gasteiger partial charge on any atom is 0.165 e. The smallest absolute Gasteiger partial charge is 0.165 e. The van der Waals surface area contributed by atoms with E-state index in [1.807, 2.05) is 30.3 Å². The van der Waals surface area contributed by atoms with Crippen LogP contribution in [0.4, 0.5) is 0 Å². The van der Waals surface area contributed by atoms with E-state index in [1.165, 1.54) is 0 Å². The number of fused-ring (bicyclic) bond motifs is 2. The molecule has 0 N–H and O–H groups in total. The standard InChI is InChI=1S/C13H11NO/c1-8-6-12(15)10-7-9-4-2-3-5-11(9)14-13(8)10/h2-5,7-8H,6H2,1H3. The van der Waals surface area contributed by atoms with E-state index in [9.17, 15) is 4.79 Å². The third kappa shape index (κ3) is 1.18. The first kappa shape index (κ1) is 8.60. The van der Waals surface area contributed by atoms with Gasteiger partial charge in [-0.25, -0.2) is 0 Å². The lowest BCUT2D eigenvalue weighted by Crippen LogP contribution is -1.94. The summed E-state index contributed by atoms with van der Waals surface area (Å²) in [4.78, 5) is 16.2. The van der Waals surface area contributed by atoms with Gasteiger partial charge in [0.25, 0.3) is 0 Å². The van der Waals surface area contributed by atoms with Gasteiger partial charge in [-0.3, -0.25) is 9.78 Å². The van der Waals surface area contributed by atoms with Crippen LogP contribution in [0, 0.1) is 0 Å². The van der Waals surface area contributed by atoms with Gasteiger partial charge < -0.3 is 0 Å². The molecule has 0 amide bonds. The van der Waals surface area contributed by atoms with Gasteiger partial charge in [-0.05, 0) is 12.1 Å². The molecule has 1 heterocycles. The third-order valence-electron chi connectivity index (χ3n) is 3.01. The van der Waals surface area contributed by atoms with Crippen LogP contribution in [-0.4, -0.2) is 10.8 Å². The maximum absolute atomic E-state index is 11.7. The molecule has 0 aliphatic heterocycles. The maximum atomic E-state index is 11.7. The molecule has 74 valence electrons. The van der Waals surface area contributed by atoms with Gasteiger partial charge in [0.15, 0.2) is 5.78 Å². The van der Waals surface area contributed by atoms with Crippen molar-refractivity contribution in [3.8, 4) is 0 Å². The number of carbonyl (C=O) groups excluding carboxylic acids is 1. The Bertz CT molecular complexity index is 559. The van der Waals surface area contributed by atoms with Gasteiger partial charge in [0.05, 0.1) is 11.2 Å². The lowest BCUT2D eigenvalue weighted by atomic mass is 10.1. The highest BCUT2D eigenvalue weighted by Crippen LogP contribution is 2.32. The largest absolute Gasteiger partial charge is 0.294 e. The van der Waals surface area contributed by atoms with Crippen LogP contribution in [0.5, 0.6) is 0 Å². The summed E-state index contributed by atoms with van der Waals surface area (Å²) in [5.74, 6) is 0.507. The highest BCUT2D eigenvalue weighted by Gasteiger charge is 2.27. The number of Topliss-reactive ketones (excluding diaryl/α,β-unsaturated/α-hetero) is 1. The summed E-state index contributed by atoms with van der Waals surface area (Å²) in [5.41, 5.74) is 2.78. The molecule has 3 rings (SSSR count). The summed E-state index contributed by atoms with van der Waals surface area (Å²) in [5, 5.41) is 1.05. The normalized spacial score (nSPS) is 19.5. The number of para-hydroxylation sites is 1. The van der Waals surface area contributed by atoms with Crippen LogP contribution in [0.2, 0.25) is 0 Å². The summed E-state index contributed by atoms with van der Waals surface area (Å²) >= 11 is 0. The van der Waals surface area contributed by atoms with Gasteiger partial charge in [0.1, 0.15) is 0 Å². The van der Waals surface area contributed by atoms with E-state index in [4.69, 9.17) is 0 Å². The second kappa shape index (κ2) is 2.89. The van der Waals surface area contributed by atoms with E-state index in [-0.39, 0.29) is 11.7 Å². The predicted molar refractivity (Wildman–Crippen MR) is 59.1 cm³/mol. The number of benzene rings is 1. The molecule has 0 bridgehead atoms. The molecule has 15 heavy (non-hydrogen) atoms. The molecular weight excluding hydrogens is 186 g/mol. The van der Waals surface area contributed by atoms with Gasteiger partial charge >= 0.3 is 0 Å². The van der Waals surface area contributed by atoms with Crippen molar-refractivity contribution >= 4 is 16.7 Å². The van der Waals surface area contributed by atoms with Crippen LogP contribution in [0.1, 0.15) is 35.3 Å². The van der Waals surface area contributed by atoms with Crippen molar-refractivity contribution in [1.82, 2.24) is 4.98 Å². The summed E-state index contributed by atoms with van der Waals surface area (Å²) in [6, 6.07) is 9.91. The Hall–Kier alpha value is -1.70. The number of hydrogen-bond donors (Lipinski definition) is 0. The molecule has 0 radical (unpaired) electrons. The van der Waals surface area contributed by atoms with Crippen LogP contribution >= 0.6 is 0 Å². The minimum atomic E-state index is 0.232. The van der Waals surface area contributed by atoms with Gasteiger partial charge in [-0.2, -0.15) is 0 Å². The van der Waals surface area contributed by atoms with Crippen LogP contribution < -0.4 is 0 Å². The highest BCUT2D eigenvalue weighted by molar-refractivity contribution is 6.03. The minimum Gasteiger partial charge on any atom is -0.294 e. The molecule has 2 aromatic rings. The van der Waals surface area contributed by atoms with Gasteiger partial charge in [-0.1, -0.05) is 25.1 Å². The number of aromatic nitrogens is 1. The molecule has 1 aromatic heterocycles. The molecule has 1 aromatic carbocycles. The van der Waals surface area contributed by atoms with Gasteiger partial charge in [-0.15, -0.1) is 0 Å². The fourth-order valence-electron chi connectivity index (χ4n) is 2.21. The SMILES string of the molecule is CC1CC(=O)c2cc3ccccc3nc21. The monoisotopic (exact) mass is 197 g/mol. The first-order valence-electron chi connectivity index (χ1n) is 5.18. The summed E-state index contributed by atoms with van der Waals surface area (Å²) < 4.78 is 0. The Balaban J connectivity index is 2.36. The quantitative estimate of drug-likeness (QED) is 0.650. The molecule has 0 spiro atoms. The topological polar surface area (TPSA) is 30.0 Å². The van der Waals surface area contributed by atoms with E-state index in [2.05, 4.69) is 11.9 Å². The summed E-state index contributed by atoms with van der Waals surface area (Å²) in [6.07, 6.45) is 0.610. The number of nitrogens with zero attached hydrogens (tertiary/aromatic N) is 1. The van der Waals surface area contributed by atoms with Crippen LogP contribution in [-0.2, 0) is 0 Å². The molecular formula is C13H11NO. The van der Waals surface area contributed by atoms with Crippen LogP contribution in [0.15, 0.2) is 30.3 Å². The number of rotatable bonds is 0. The second-order valence-corrected chi connectivity index (χ2v) is 4.14. The Morgan fingerprint density at radius 3 is 3.00 bits per heavy atom. The molecule has 1 unspecified atom stereocenters. The summed E-state index contributed by atoms with van der Waals surface area (Å²) in [7, 11) is 0. The Morgan fingerprint density at radius 2 is 2.13 bits per heavy atom. The fraction of sp³-hybridized carbons (Fsp3) is 0.231. The first-order chi connectivity index (χ1) is 7.25. The van der Waals surface area contributed by atoms with Crippen molar-refractivity contribution in [2.45, 2.75) is 19.3 Å². The number of carbonyl (C=O) groups is 1. The summed E-state index contributed by atoms with van der Waals surface area (Å²) in [6.45, 7) is 2.06. The van der Waals surface area contributed by atoms with E-state index < -0.39 is 0 Å². The van der Waals surface area contributed by atoms with E-state index in [1.54, 1.807) is 0 Å². The van der Waals surface area contributed by atoms with Crippen molar-refractivity contribution < 1.29 is 4.79 Å². The average molecular weight is 197 g/mol. The third-order valence-corrected chi connectivity index (χ3v) is 3.01. The lowest BCUT2D eigenvalue weighted by molar-refractivity contribution is 0.0990. The van der Waals surface area contributed by atoms with Crippen LogP contribution in [0.25, 0.3) is 10.9 Å². The van der Waals surface area contributed by atoms with Crippen molar-refractivity contribution in [2.24, 2.45) is 0 Å². The van der Waals surface area contributed by atoms with Crippen molar-refractivity contribution in [1.29, 1.82) is 0 Å². The Kier molecular flexibility index (Phi) is 1.66. The molecule has 1 aliphatic carbocycles. The Morgan fingerprint density at radius 1 is 1.33 bits per heavy atom. The molecule has 0 fully saturated rings. The fourth-order valence-corrected chi connectivity index (χ4v) is 2.21. The highest BCUT2D eigenvalue weighted by atomic mass is 16.1. The first-order valence-corrected chi connectivity index (χ1v) is 5.18. The molecule has 1 atom stereocenters. The van der Waals surface area contributed by atoms with Crippen LogP contribution in [0.3, 0.4) is 0 Å². The lowest BCUT2D eigenvalue weighted by Gasteiger charge is -2.04. The second-order valence-electron chi connectivity index (χ2n) is 4.14. The predicted octanol–water partition coefficient (Wildman–Crippen LogP) is 2.92. The van der Waals surface area contributed by atoms with E-state index in [0.29, 0.717) is 6.42 Å². The Labute approximate surface area is 87.9 Å². The molecule has 2 nitrogen and oxygen atoms in total. The molecule has 1 aliphatic rings. The molecule has 0 saturated carbocycles. The van der Waals surface area contributed by atoms with E-state index in [0.717, 1.165) is 22.2 Å². The van der Waals surface area contributed by atoms with Crippen molar-refractivity contribution in [3.05, 3.63) is 41.6 Å². The zero-order valence-corrected chi connectivity index (χ0v) is 8.53. The van der Waals surface area contributed by atoms with Crippen molar-refractivity contribution in [3.63, 3.8) is 0 Å². The number of ketones is 1. The number of hydrogen-bond acceptors (Lipinski definition) is 2. The van der Waals surface area contributed by atoms with Crippen molar-refractivity contribution in [2.75, 3.05) is 0 Å². The zero-order chi connectivity index (χ0) is 10.4. The van der Waals surface area contributed by atoms with Gasteiger partial charge in [0.2, 0.25) is 0 Å².